The van der Waals surface area contributed by atoms with E-state index in [2.05, 4.69) is 67.9 Å². The Kier molecular flexibility index (Phi) is 4.08. The molecule has 1 aromatic rings. The van der Waals surface area contributed by atoms with Gasteiger partial charge in [0.05, 0.1) is 0 Å². The van der Waals surface area contributed by atoms with Crippen LogP contribution in [0.3, 0.4) is 0 Å². The molecule has 0 unspecified atom stereocenters. The molecule has 0 aliphatic heterocycles. The first-order valence-electron chi connectivity index (χ1n) is 4.87. The van der Waals surface area contributed by atoms with Crippen molar-refractivity contribution < 1.29 is 0 Å². The SMILES string of the molecule is CC(C)C(C)(C)Sc1ccccc1Br. The van der Waals surface area contributed by atoms with Gasteiger partial charge in [0.2, 0.25) is 0 Å². The Hall–Kier alpha value is 0.0500. The van der Waals surface area contributed by atoms with Gasteiger partial charge in [0.1, 0.15) is 0 Å². The molecule has 14 heavy (non-hydrogen) atoms. The van der Waals surface area contributed by atoms with Crippen molar-refractivity contribution in [2.75, 3.05) is 0 Å². The van der Waals surface area contributed by atoms with Gasteiger partial charge in [-0.2, -0.15) is 0 Å². The van der Waals surface area contributed by atoms with Gasteiger partial charge in [0.15, 0.2) is 0 Å². The Labute approximate surface area is 99.6 Å². The highest BCUT2D eigenvalue weighted by Crippen LogP contribution is 2.40. The number of thioether (sulfide) groups is 1. The number of benzene rings is 1. The van der Waals surface area contributed by atoms with Gasteiger partial charge in [0, 0.05) is 14.1 Å². The molecule has 0 aliphatic rings. The highest BCUT2D eigenvalue weighted by Gasteiger charge is 2.24. The van der Waals surface area contributed by atoms with Crippen molar-refractivity contribution in [3.63, 3.8) is 0 Å². The summed E-state index contributed by atoms with van der Waals surface area (Å²) in [7, 11) is 0. The van der Waals surface area contributed by atoms with E-state index >= 15 is 0 Å². The van der Waals surface area contributed by atoms with Crippen LogP contribution in [0.2, 0.25) is 0 Å². The molecule has 0 saturated carbocycles. The number of hydrogen-bond donors (Lipinski definition) is 0. The molecule has 1 aromatic carbocycles. The lowest BCUT2D eigenvalue weighted by Gasteiger charge is -2.28. The summed E-state index contributed by atoms with van der Waals surface area (Å²) in [6, 6.07) is 8.40. The van der Waals surface area contributed by atoms with Crippen molar-refractivity contribution >= 4 is 27.7 Å². The van der Waals surface area contributed by atoms with Crippen LogP contribution in [-0.4, -0.2) is 4.75 Å². The maximum Gasteiger partial charge on any atom is 0.0311 e. The molecule has 2 heteroatoms. The Morgan fingerprint density at radius 1 is 1.21 bits per heavy atom. The number of hydrogen-bond acceptors (Lipinski definition) is 1. The van der Waals surface area contributed by atoms with Gasteiger partial charge in [0.25, 0.3) is 0 Å². The van der Waals surface area contributed by atoms with Crippen LogP contribution in [0.1, 0.15) is 27.7 Å². The van der Waals surface area contributed by atoms with Crippen LogP contribution in [0.5, 0.6) is 0 Å². The van der Waals surface area contributed by atoms with E-state index in [4.69, 9.17) is 0 Å². The molecule has 0 aliphatic carbocycles. The van der Waals surface area contributed by atoms with Gasteiger partial charge in [-0.05, 0) is 34.0 Å². The molecule has 0 nitrogen and oxygen atoms in total. The first-order valence-corrected chi connectivity index (χ1v) is 6.48. The van der Waals surface area contributed by atoms with Gasteiger partial charge in [-0.3, -0.25) is 0 Å². The van der Waals surface area contributed by atoms with Crippen LogP contribution in [0, 0.1) is 5.92 Å². The van der Waals surface area contributed by atoms with E-state index in [-0.39, 0.29) is 4.75 Å². The second kappa shape index (κ2) is 4.71. The highest BCUT2D eigenvalue weighted by atomic mass is 79.9. The third kappa shape index (κ3) is 3.03. The van der Waals surface area contributed by atoms with E-state index in [1.807, 2.05) is 11.8 Å². The maximum absolute atomic E-state index is 3.58. The molecule has 0 N–H and O–H groups in total. The highest BCUT2D eigenvalue weighted by molar-refractivity contribution is 9.10. The largest absolute Gasteiger partial charge is 0.118 e. The van der Waals surface area contributed by atoms with E-state index in [9.17, 15) is 0 Å². The molecule has 0 aromatic heterocycles. The van der Waals surface area contributed by atoms with Crippen LogP contribution >= 0.6 is 27.7 Å². The number of rotatable bonds is 3. The van der Waals surface area contributed by atoms with Gasteiger partial charge < -0.3 is 0 Å². The molecule has 0 spiro atoms. The molecule has 0 amide bonds. The van der Waals surface area contributed by atoms with Crippen LogP contribution < -0.4 is 0 Å². The quantitative estimate of drug-likeness (QED) is 0.700. The predicted octanol–water partition coefficient (Wildman–Crippen LogP) is 4.98. The van der Waals surface area contributed by atoms with E-state index in [1.165, 1.54) is 9.37 Å². The minimum atomic E-state index is 0.282. The lowest BCUT2D eigenvalue weighted by molar-refractivity contribution is 0.504. The summed E-state index contributed by atoms with van der Waals surface area (Å²) in [5.41, 5.74) is 0. The summed E-state index contributed by atoms with van der Waals surface area (Å²) >= 11 is 5.51. The molecule has 0 bridgehead atoms. The van der Waals surface area contributed by atoms with Gasteiger partial charge >= 0.3 is 0 Å². The average Bonchev–Trinajstić information content (AvgIpc) is 2.08. The van der Waals surface area contributed by atoms with E-state index < -0.39 is 0 Å². The number of halogens is 1. The smallest absolute Gasteiger partial charge is 0.0311 e. The first-order chi connectivity index (χ1) is 6.43. The third-order valence-electron chi connectivity index (χ3n) is 2.60. The summed E-state index contributed by atoms with van der Waals surface area (Å²) in [4.78, 5) is 1.33. The van der Waals surface area contributed by atoms with E-state index in [0.717, 1.165) is 0 Å². The van der Waals surface area contributed by atoms with Crippen LogP contribution in [0.25, 0.3) is 0 Å². The van der Waals surface area contributed by atoms with Crippen LogP contribution in [0.4, 0.5) is 0 Å². The van der Waals surface area contributed by atoms with E-state index in [1.54, 1.807) is 0 Å². The van der Waals surface area contributed by atoms with Crippen LogP contribution in [0.15, 0.2) is 33.6 Å². The zero-order chi connectivity index (χ0) is 10.8. The predicted molar refractivity (Wildman–Crippen MR) is 68.9 cm³/mol. The fraction of sp³-hybridized carbons (Fsp3) is 0.500. The fourth-order valence-electron chi connectivity index (χ4n) is 0.929. The third-order valence-corrected chi connectivity index (χ3v) is 5.13. The Morgan fingerprint density at radius 2 is 1.79 bits per heavy atom. The second-order valence-electron chi connectivity index (χ2n) is 4.29. The average molecular weight is 273 g/mol. The van der Waals surface area contributed by atoms with Crippen molar-refractivity contribution in [3.05, 3.63) is 28.7 Å². The van der Waals surface area contributed by atoms with Crippen molar-refractivity contribution in [1.29, 1.82) is 0 Å². The summed E-state index contributed by atoms with van der Waals surface area (Å²) in [6.07, 6.45) is 0. The summed E-state index contributed by atoms with van der Waals surface area (Å²) < 4.78 is 1.47. The first kappa shape index (κ1) is 12.1. The van der Waals surface area contributed by atoms with Crippen molar-refractivity contribution in [2.24, 2.45) is 5.92 Å². The standard InChI is InChI=1S/C12H17BrS/c1-9(2)12(3,4)14-11-8-6-5-7-10(11)13/h5-9H,1-4H3. The van der Waals surface area contributed by atoms with Crippen molar-refractivity contribution in [1.82, 2.24) is 0 Å². The zero-order valence-corrected chi connectivity index (χ0v) is 11.6. The second-order valence-corrected chi connectivity index (χ2v) is 6.84. The summed E-state index contributed by atoms with van der Waals surface area (Å²) in [5, 5.41) is 0. The lowest BCUT2D eigenvalue weighted by Crippen LogP contribution is -2.22. The topological polar surface area (TPSA) is 0 Å². The van der Waals surface area contributed by atoms with Crippen molar-refractivity contribution in [3.8, 4) is 0 Å². The van der Waals surface area contributed by atoms with Gasteiger partial charge in [-0.1, -0.05) is 39.8 Å². The van der Waals surface area contributed by atoms with Gasteiger partial charge in [-0.25, -0.2) is 0 Å². The summed E-state index contributed by atoms with van der Waals surface area (Å²) in [6.45, 7) is 9.12. The Morgan fingerprint density at radius 3 is 2.29 bits per heavy atom. The minimum absolute atomic E-state index is 0.282. The normalized spacial score (nSPS) is 12.1. The molecular weight excluding hydrogens is 256 g/mol. The monoisotopic (exact) mass is 272 g/mol. The maximum atomic E-state index is 3.58. The molecule has 0 atom stereocenters. The van der Waals surface area contributed by atoms with Crippen molar-refractivity contribution in [2.45, 2.75) is 37.3 Å². The molecule has 1 rings (SSSR count). The van der Waals surface area contributed by atoms with Gasteiger partial charge in [-0.15, -0.1) is 11.8 Å². The Bertz CT molecular complexity index is 305. The molecular formula is C12H17BrS. The van der Waals surface area contributed by atoms with Crippen LogP contribution in [-0.2, 0) is 0 Å². The summed E-state index contributed by atoms with van der Waals surface area (Å²) in [5.74, 6) is 0.666. The molecule has 78 valence electrons. The molecule has 0 saturated heterocycles. The zero-order valence-electron chi connectivity index (χ0n) is 9.17. The fourth-order valence-corrected chi connectivity index (χ4v) is 2.57. The Balaban J connectivity index is 2.84. The molecule has 0 radical (unpaired) electrons. The molecule has 0 heterocycles. The van der Waals surface area contributed by atoms with E-state index in [0.29, 0.717) is 5.92 Å². The molecule has 0 fully saturated rings. The lowest BCUT2D eigenvalue weighted by atomic mass is 10.00. The minimum Gasteiger partial charge on any atom is -0.118 e.